The fourth-order valence-corrected chi connectivity index (χ4v) is 2.18. The maximum absolute atomic E-state index is 12.5. The van der Waals surface area contributed by atoms with Crippen LogP contribution >= 0.6 is 0 Å². The summed E-state index contributed by atoms with van der Waals surface area (Å²) in [5.41, 5.74) is 6.04. The van der Waals surface area contributed by atoms with Crippen LogP contribution in [0.3, 0.4) is 0 Å². The molecule has 1 heterocycles. The normalized spacial score (nSPS) is 22.6. The molecule has 2 atom stereocenters. The first-order valence-corrected chi connectivity index (χ1v) is 6.36. The quantitative estimate of drug-likeness (QED) is 0.501. The Morgan fingerprint density at radius 1 is 1.50 bits per heavy atom. The monoisotopic (exact) mass is 279 g/mol. The van der Waals surface area contributed by atoms with E-state index < -0.39 is 4.92 Å². The molecule has 2 rings (SSSR count). The van der Waals surface area contributed by atoms with Gasteiger partial charge in [-0.05, 0) is 19.9 Å². The van der Waals surface area contributed by atoms with Crippen molar-refractivity contribution in [1.29, 1.82) is 0 Å². The van der Waals surface area contributed by atoms with Crippen molar-refractivity contribution in [3.8, 4) is 0 Å². The van der Waals surface area contributed by atoms with Gasteiger partial charge in [0.25, 0.3) is 11.6 Å². The van der Waals surface area contributed by atoms with E-state index in [4.69, 9.17) is 10.5 Å². The number of non-ortho nitro benzene ring substituents is 1. The third-order valence-corrected chi connectivity index (χ3v) is 3.35. The summed E-state index contributed by atoms with van der Waals surface area (Å²) in [6.07, 6.45) is -0.0601. The second-order valence-corrected chi connectivity index (χ2v) is 4.98. The first-order chi connectivity index (χ1) is 9.40. The third kappa shape index (κ3) is 2.72. The standard InChI is InChI=1S/C13H17N3O4/c1-8-7-20-9(2)6-15(8)13(17)11-5-10(16(18)19)3-4-12(11)14/h3-5,8-9H,6-7,14H2,1-2H3. The zero-order chi connectivity index (χ0) is 14.9. The number of anilines is 1. The van der Waals surface area contributed by atoms with Crippen LogP contribution in [0.1, 0.15) is 24.2 Å². The Balaban J connectivity index is 2.32. The minimum Gasteiger partial charge on any atom is -0.398 e. The highest BCUT2D eigenvalue weighted by molar-refractivity contribution is 6.00. The molecule has 7 heteroatoms. The first kappa shape index (κ1) is 14.3. The third-order valence-electron chi connectivity index (χ3n) is 3.35. The number of nitro groups is 1. The molecule has 0 aliphatic carbocycles. The molecule has 7 nitrogen and oxygen atoms in total. The van der Waals surface area contributed by atoms with Gasteiger partial charge < -0.3 is 15.4 Å². The Hall–Kier alpha value is -2.15. The van der Waals surface area contributed by atoms with Gasteiger partial charge in [-0.3, -0.25) is 14.9 Å². The molecule has 108 valence electrons. The molecule has 0 saturated carbocycles. The molecule has 0 spiro atoms. The molecule has 1 aliphatic heterocycles. The van der Waals surface area contributed by atoms with E-state index in [1.165, 1.54) is 18.2 Å². The van der Waals surface area contributed by atoms with Gasteiger partial charge in [-0.15, -0.1) is 0 Å². The van der Waals surface area contributed by atoms with Gasteiger partial charge >= 0.3 is 0 Å². The minimum atomic E-state index is -0.540. The lowest BCUT2D eigenvalue weighted by Gasteiger charge is -2.37. The van der Waals surface area contributed by atoms with Gasteiger partial charge in [-0.2, -0.15) is 0 Å². The number of hydrogen-bond donors (Lipinski definition) is 1. The molecule has 1 aliphatic rings. The summed E-state index contributed by atoms with van der Waals surface area (Å²) in [4.78, 5) is 24.4. The highest BCUT2D eigenvalue weighted by Crippen LogP contribution is 2.23. The van der Waals surface area contributed by atoms with Crippen LogP contribution in [0.4, 0.5) is 11.4 Å². The van der Waals surface area contributed by atoms with E-state index in [0.717, 1.165) is 0 Å². The smallest absolute Gasteiger partial charge is 0.270 e. The van der Waals surface area contributed by atoms with Crippen molar-refractivity contribution < 1.29 is 14.5 Å². The molecule has 1 amide bonds. The van der Waals surface area contributed by atoms with Crippen molar-refractivity contribution in [3.05, 3.63) is 33.9 Å². The Morgan fingerprint density at radius 3 is 2.85 bits per heavy atom. The highest BCUT2D eigenvalue weighted by Gasteiger charge is 2.29. The summed E-state index contributed by atoms with van der Waals surface area (Å²) in [7, 11) is 0. The lowest BCUT2D eigenvalue weighted by molar-refractivity contribution is -0.384. The molecule has 1 aromatic carbocycles. The number of nitrogens with two attached hydrogens (primary N) is 1. The molecule has 20 heavy (non-hydrogen) atoms. The molecule has 1 saturated heterocycles. The summed E-state index contributed by atoms with van der Waals surface area (Å²) in [6.45, 7) is 4.64. The number of rotatable bonds is 2. The van der Waals surface area contributed by atoms with E-state index >= 15 is 0 Å². The number of amides is 1. The fourth-order valence-electron chi connectivity index (χ4n) is 2.18. The van der Waals surface area contributed by atoms with Gasteiger partial charge in [0.1, 0.15) is 0 Å². The SMILES string of the molecule is CC1CN(C(=O)c2cc([N+](=O)[O-])ccc2N)C(C)CO1. The van der Waals surface area contributed by atoms with Crippen molar-refractivity contribution in [2.45, 2.75) is 26.0 Å². The minimum absolute atomic E-state index is 0.0601. The van der Waals surface area contributed by atoms with Crippen LogP contribution < -0.4 is 5.73 Å². The number of hydrogen-bond acceptors (Lipinski definition) is 5. The van der Waals surface area contributed by atoms with Crippen molar-refractivity contribution in [2.24, 2.45) is 0 Å². The largest absolute Gasteiger partial charge is 0.398 e. The van der Waals surface area contributed by atoms with Crippen LogP contribution in [0.5, 0.6) is 0 Å². The zero-order valence-corrected chi connectivity index (χ0v) is 11.4. The maximum Gasteiger partial charge on any atom is 0.270 e. The van der Waals surface area contributed by atoms with Gasteiger partial charge in [-0.1, -0.05) is 0 Å². The van der Waals surface area contributed by atoms with E-state index in [9.17, 15) is 14.9 Å². The van der Waals surface area contributed by atoms with Crippen molar-refractivity contribution in [2.75, 3.05) is 18.9 Å². The second-order valence-electron chi connectivity index (χ2n) is 4.98. The highest BCUT2D eigenvalue weighted by atomic mass is 16.6. The Kier molecular flexibility index (Phi) is 3.89. The first-order valence-electron chi connectivity index (χ1n) is 6.36. The molecule has 2 N–H and O–H groups in total. The van der Waals surface area contributed by atoms with E-state index in [1.807, 2.05) is 13.8 Å². The van der Waals surface area contributed by atoms with Crippen LogP contribution in [-0.4, -0.2) is 41.0 Å². The predicted octanol–water partition coefficient (Wildman–Crippen LogP) is 1.43. The number of morpholine rings is 1. The summed E-state index contributed by atoms with van der Waals surface area (Å²) in [5.74, 6) is -0.297. The number of ether oxygens (including phenoxy) is 1. The van der Waals surface area contributed by atoms with Crippen molar-refractivity contribution >= 4 is 17.3 Å². The summed E-state index contributed by atoms with van der Waals surface area (Å²) >= 11 is 0. The van der Waals surface area contributed by atoms with Gasteiger partial charge in [0.15, 0.2) is 0 Å². The number of carbonyl (C=O) groups excluding carboxylic acids is 1. The van der Waals surface area contributed by atoms with E-state index in [0.29, 0.717) is 13.2 Å². The molecular weight excluding hydrogens is 262 g/mol. The molecule has 2 unspecified atom stereocenters. The van der Waals surface area contributed by atoms with E-state index in [1.54, 1.807) is 4.90 Å². The van der Waals surface area contributed by atoms with Crippen LogP contribution in [0.15, 0.2) is 18.2 Å². The van der Waals surface area contributed by atoms with Crippen molar-refractivity contribution in [1.82, 2.24) is 4.90 Å². The van der Waals surface area contributed by atoms with Crippen LogP contribution in [0.2, 0.25) is 0 Å². The fraction of sp³-hybridized carbons (Fsp3) is 0.462. The average Bonchev–Trinajstić information content (AvgIpc) is 2.41. The number of nitrogen functional groups attached to an aromatic ring is 1. The summed E-state index contributed by atoms with van der Waals surface area (Å²) in [6, 6.07) is 3.82. The summed E-state index contributed by atoms with van der Waals surface area (Å²) in [5, 5.41) is 10.8. The number of benzene rings is 1. The van der Waals surface area contributed by atoms with E-state index in [-0.39, 0.29) is 35.0 Å². The molecule has 0 radical (unpaired) electrons. The second kappa shape index (κ2) is 5.46. The lowest BCUT2D eigenvalue weighted by Crippen LogP contribution is -2.50. The summed E-state index contributed by atoms with van der Waals surface area (Å²) < 4.78 is 5.47. The topological polar surface area (TPSA) is 98.7 Å². The average molecular weight is 279 g/mol. The Labute approximate surface area is 116 Å². The molecule has 0 bridgehead atoms. The predicted molar refractivity (Wildman–Crippen MR) is 73.4 cm³/mol. The van der Waals surface area contributed by atoms with E-state index in [2.05, 4.69) is 0 Å². The van der Waals surface area contributed by atoms with Crippen LogP contribution in [-0.2, 0) is 4.74 Å². The zero-order valence-electron chi connectivity index (χ0n) is 11.4. The van der Waals surface area contributed by atoms with Crippen molar-refractivity contribution in [3.63, 3.8) is 0 Å². The van der Waals surface area contributed by atoms with Gasteiger partial charge in [-0.25, -0.2) is 0 Å². The maximum atomic E-state index is 12.5. The van der Waals surface area contributed by atoms with Gasteiger partial charge in [0.2, 0.25) is 0 Å². The number of nitro benzene ring substituents is 1. The number of nitrogens with zero attached hydrogens (tertiary/aromatic N) is 2. The lowest BCUT2D eigenvalue weighted by atomic mass is 10.1. The number of carbonyl (C=O) groups is 1. The van der Waals surface area contributed by atoms with Crippen LogP contribution in [0.25, 0.3) is 0 Å². The van der Waals surface area contributed by atoms with Gasteiger partial charge in [0, 0.05) is 24.4 Å². The Morgan fingerprint density at radius 2 is 2.20 bits per heavy atom. The van der Waals surface area contributed by atoms with Gasteiger partial charge in [0.05, 0.1) is 29.2 Å². The molecule has 1 aromatic rings. The van der Waals surface area contributed by atoms with Crippen LogP contribution in [0, 0.1) is 10.1 Å². The molecular formula is C13H17N3O4. The molecule has 1 fully saturated rings. The Bertz CT molecular complexity index is 546. The molecule has 0 aromatic heterocycles.